The van der Waals surface area contributed by atoms with Gasteiger partial charge in [0.2, 0.25) is 0 Å². The predicted molar refractivity (Wildman–Crippen MR) is 176 cm³/mol. The minimum atomic E-state index is -0.653. The Labute approximate surface area is 247 Å². The molecule has 0 spiro atoms. The van der Waals surface area contributed by atoms with Crippen molar-refractivity contribution in [3.05, 3.63) is 60.7 Å². The highest BCUT2D eigenvalue weighted by atomic mass is 35.5. The Balaban J connectivity index is 0. The van der Waals surface area contributed by atoms with Crippen molar-refractivity contribution < 1.29 is 9.90 Å². The standard InChI is InChI=1S/C18H36O2.2C8H11N.ClH/c1-2-3-4-5-6-7-8-9-10-11-12-13-14-15-16-17-18(19)20;2*1-9(2)8-6-4-3-5-7-8;/h2-17H2,1H3,(H,19,20);2*3-7H,1-2H3;1H. The number of carboxylic acid groups (broad SMARTS) is 1. The van der Waals surface area contributed by atoms with Gasteiger partial charge in [-0.1, -0.05) is 133 Å². The Hall–Kier alpha value is -2.20. The molecule has 0 heterocycles. The molecule has 0 amide bonds. The van der Waals surface area contributed by atoms with Gasteiger partial charge in [0.1, 0.15) is 0 Å². The van der Waals surface area contributed by atoms with Gasteiger partial charge in [-0.2, -0.15) is 0 Å². The van der Waals surface area contributed by atoms with E-state index >= 15 is 0 Å². The van der Waals surface area contributed by atoms with Crippen molar-refractivity contribution in [2.75, 3.05) is 38.0 Å². The van der Waals surface area contributed by atoms with Gasteiger partial charge < -0.3 is 14.9 Å². The molecule has 0 fully saturated rings. The first kappa shape index (κ1) is 38.9. The molecule has 2 rings (SSSR count). The first-order chi connectivity index (χ1) is 18.4. The van der Waals surface area contributed by atoms with Gasteiger partial charge in [-0.25, -0.2) is 0 Å². The molecule has 0 saturated heterocycles. The van der Waals surface area contributed by atoms with Gasteiger partial charge in [0.05, 0.1) is 0 Å². The second kappa shape index (κ2) is 28.8. The lowest BCUT2D eigenvalue weighted by molar-refractivity contribution is -0.137. The lowest BCUT2D eigenvalue weighted by Gasteiger charge is -2.10. The molecule has 0 aliphatic heterocycles. The van der Waals surface area contributed by atoms with Crippen molar-refractivity contribution in [1.29, 1.82) is 0 Å². The number of anilines is 2. The highest BCUT2D eigenvalue weighted by molar-refractivity contribution is 5.85. The molecule has 2 aromatic rings. The maximum atomic E-state index is 10.3. The van der Waals surface area contributed by atoms with E-state index in [1.807, 2.05) is 64.6 Å². The highest BCUT2D eigenvalue weighted by Gasteiger charge is 1.97. The number of para-hydroxylation sites is 2. The van der Waals surface area contributed by atoms with E-state index in [0.717, 1.165) is 12.8 Å². The Kier molecular flexibility index (Phi) is 28.8. The number of carboxylic acids is 1. The summed E-state index contributed by atoms with van der Waals surface area (Å²) in [6.07, 6.45) is 20.2. The number of aliphatic carboxylic acids is 1. The summed E-state index contributed by atoms with van der Waals surface area (Å²) in [7, 11) is 8.15. The fourth-order valence-electron chi connectivity index (χ4n) is 4.10. The van der Waals surface area contributed by atoms with Gasteiger partial charge in [0, 0.05) is 46.0 Å². The van der Waals surface area contributed by atoms with Crippen LogP contribution in [0.3, 0.4) is 0 Å². The molecular weight excluding hydrogens is 504 g/mol. The number of carbonyl (C=O) groups is 1. The van der Waals surface area contributed by atoms with E-state index in [4.69, 9.17) is 5.11 Å². The van der Waals surface area contributed by atoms with Crippen LogP contribution >= 0.6 is 12.4 Å². The van der Waals surface area contributed by atoms with E-state index in [0.29, 0.717) is 6.42 Å². The molecule has 2 aromatic carbocycles. The van der Waals surface area contributed by atoms with Gasteiger partial charge in [-0.3, -0.25) is 4.79 Å². The monoisotopic (exact) mass is 562 g/mol. The van der Waals surface area contributed by atoms with Gasteiger partial charge >= 0.3 is 5.97 Å². The number of hydrogen-bond acceptors (Lipinski definition) is 3. The molecule has 0 aromatic heterocycles. The Morgan fingerprint density at radius 3 is 1.05 bits per heavy atom. The van der Waals surface area contributed by atoms with Crippen LogP contribution in [0.1, 0.15) is 110 Å². The van der Waals surface area contributed by atoms with Crippen molar-refractivity contribution in [3.8, 4) is 0 Å². The first-order valence-electron chi connectivity index (χ1n) is 15.0. The quantitative estimate of drug-likeness (QED) is 0.183. The molecule has 0 atom stereocenters. The molecule has 1 N–H and O–H groups in total. The molecule has 0 aliphatic carbocycles. The number of halogens is 1. The molecule has 4 nitrogen and oxygen atoms in total. The minimum absolute atomic E-state index is 0. The van der Waals surface area contributed by atoms with E-state index < -0.39 is 5.97 Å². The lowest BCUT2D eigenvalue weighted by atomic mass is 10.0. The van der Waals surface area contributed by atoms with E-state index in [1.165, 1.54) is 94.8 Å². The summed E-state index contributed by atoms with van der Waals surface area (Å²) in [5.74, 6) is -0.653. The molecule has 0 radical (unpaired) electrons. The van der Waals surface area contributed by atoms with E-state index in [9.17, 15) is 4.79 Å². The Morgan fingerprint density at radius 1 is 0.538 bits per heavy atom. The van der Waals surface area contributed by atoms with Crippen molar-refractivity contribution in [2.24, 2.45) is 0 Å². The van der Waals surface area contributed by atoms with Crippen LogP contribution in [0.4, 0.5) is 11.4 Å². The van der Waals surface area contributed by atoms with Crippen LogP contribution in [0.5, 0.6) is 0 Å². The van der Waals surface area contributed by atoms with Crippen LogP contribution < -0.4 is 9.80 Å². The van der Waals surface area contributed by atoms with Crippen LogP contribution in [-0.2, 0) is 4.79 Å². The van der Waals surface area contributed by atoms with E-state index in [-0.39, 0.29) is 12.4 Å². The number of nitrogens with zero attached hydrogens (tertiary/aromatic N) is 2. The van der Waals surface area contributed by atoms with Crippen LogP contribution in [0, 0.1) is 0 Å². The van der Waals surface area contributed by atoms with Crippen molar-refractivity contribution in [2.45, 2.75) is 110 Å². The van der Waals surface area contributed by atoms with E-state index in [2.05, 4.69) is 41.0 Å². The van der Waals surface area contributed by atoms with Gasteiger partial charge in [0.25, 0.3) is 0 Å². The molecule has 39 heavy (non-hydrogen) atoms. The van der Waals surface area contributed by atoms with Crippen molar-refractivity contribution >= 4 is 29.8 Å². The third kappa shape index (κ3) is 27.2. The molecule has 224 valence electrons. The normalized spacial score (nSPS) is 9.77. The molecule has 0 bridgehead atoms. The van der Waals surface area contributed by atoms with Crippen LogP contribution in [-0.4, -0.2) is 39.3 Å². The zero-order valence-electron chi connectivity index (χ0n) is 25.7. The topological polar surface area (TPSA) is 43.8 Å². The third-order valence-corrected chi connectivity index (χ3v) is 6.54. The fraction of sp³-hybridized carbons (Fsp3) is 0.618. The second-order valence-electron chi connectivity index (χ2n) is 10.6. The zero-order chi connectivity index (χ0) is 28.3. The maximum absolute atomic E-state index is 10.3. The molecule has 5 heteroatoms. The number of hydrogen-bond donors (Lipinski definition) is 1. The first-order valence-corrected chi connectivity index (χ1v) is 15.0. The Bertz CT molecular complexity index is 711. The summed E-state index contributed by atoms with van der Waals surface area (Å²) in [6.45, 7) is 2.27. The van der Waals surface area contributed by atoms with Gasteiger partial charge in [-0.15, -0.1) is 12.4 Å². The third-order valence-electron chi connectivity index (χ3n) is 6.54. The number of benzene rings is 2. The molecular formula is C34H59ClN2O2. The molecule has 0 saturated carbocycles. The number of unbranched alkanes of at least 4 members (excludes halogenated alkanes) is 14. The average molecular weight is 563 g/mol. The smallest absolute Gasteiger partial charge is 0.303 e. The van der Waals surface area contributed by atoms with Gasteiger partial charge in [0.15, 0.2) is 0 Å². The van der Waals surface area contributed by atoms with Crippen LogP contribution in [0.2, 0.25) is 0 Å². The SMILES string of the molecule is CCCCCCCCCCCCCCCCCC(=O)O.CN(C)c1ccccc1.CN(C)c1ccccc1.Cl. The fourth-order valence-corrected chi connectivity index (χ4v) is 4.10. The minimum Gasteiger partial charge on any atom is -0.481 e. The highest BCUT2D eigenvalue weighted by Crippen LogP contribution is 2.13. The largest absolute Gasteiger partial charge is 0.481 e. The summed E-state index contributed by atoms with van der Waals surface area (Å²) in [4.78, 5) is 14.5. The zero-order valence-corrected chi connectivity index (χ0v) is 26.6. The Morgan fingerprint density at radius 2 is 0.821 bits per heavy atom. The van der Waals surface area contributed by atoms with Gasteiger partial charge in [-0.05, 0) is 30.7 Å². The van der Waals surface area contributed by atoms with Crippen molar-refractivity contribution in [3.63, 3.8) is 0 Å². The summed E-state index contributed by atoms with van der Waals surface area (Å²) in [5, 5.41) is 8.52. The maximum Gasteiger partial charge on any atom is 0.303 e. The summed E-state index contributed by atoms with van der Waals surface area (Å²) >= 11 is 0. The second-order valence-corrected chi connectivity index (χ2v) is 10.6. The summed E-state index contributed by atoms with van der Waals surface area (Å²) in [5.41, 5.74) is 2.50. The van der Waals surface area contributed by atoms with E-state index in [1.54, 1.807) is 0 Å². The molecule has 0 aliphatic rings. The van der Waals surface area contributed by atoms with Crippen molar-refractivity contribution in [1.82, 2.24) is 0 Å². The number of rotatable bonds is 18. The van der Waals surface area contributed by atoms with Crippen LogP contribution in [0.25, 0.3) is 0 Å². The summed E-state index contributed by atoms with van der Waals surface area (Å²) < 4.78 is 0. The predicted octanol–water partition coefficient (Wildman–Crippen LogP) is 10.3. The molecule has 0 unspecified atom stereocenters. The van der Waals surface area contributed by atoms with Crippen LogP contribution in [0.15, 0.2) is 60.7 Å². The summed E-state index contributed by atoms with van der Waals surface area (Å²) in [6, 6.07) is 20.5. The average Bonchev–Trinajstić information content (AvgIpc) is 2.92. The lowest BCUT2D eigenvalue weighted by Crippen LogP contribution is -2.07.